The molecule has 0 aromatic carbocycles. The minimum absolute atomic E-state index is 0.264. The number of carbonyl (C=O) groups is 1. The van der Waals surface area contributed by atoms with E-state index >= 15 is 0 Å². The molecule has 0 aromatic rings. The first-order valence-corrected chi connectivity index (χ1v) is 6.63. The van der Waals surface area contributed by atoms with Crippen molar-refractivity contribution in [2.24, 2.45) is 5.92 Å². The topological polar surface area (TPSA) is 40.5 Å². The molecular formula is C13H25NO2. The molecule has 0 spiro atoms. The van der Waals surface area contributed by atoms with Crippen molar-refractivity contribution >= 4 is 5.97 Å². The van der Waals surface area contributed by atoms with Crippen molar-refractivity contribution in [1.82, 2.24) is 4.90 Å². The van der Waals surface area contributed by atoms with Gasteiger partial charge in [0.1, 0.15) is 6.04 Å². The molecule has 1 N–H and O–H groups in total. The van der Waals surface area contributed by atoms with Crippen molar-refractivity contribution < 1.29 is 9.90 Å². The van der Waals surface area contributed by atoms with Gasteiger partial charge >= 0.3 is 5.97 Å². The van der Waals surface area contributed by atoms with Gasteiger partial charge in [-0.1, -0.05) is 33.1 Å². The highest BCUT2D eigenvalue weighted by molar-refractivity contribution is 5.73. The molecule has 1 fully saturated rings. The summed E-state index contributed by atoms with van der Waals surface area (Å²) in [5.41, 5.74) is 0. The van der Waals surface area contributed by atoms with Gasteiger partial charge in [-0.2, -0.15) is 0 Å². The summed E-state index contributed by atoms with van der Waals surface area (Å²) in [7, 11) is 0. The van der Waals surface area contributed by atoms with E-state index in [1.807, 2.05) is 0 Å². The van der Waals surface area contributed by atoms with E-state index in [2.05, 4.69) is 18.7 Å². The SMILES string of the molecule is CCCC(C)C(C(=O)O)N1CCCCCC1. The van der Waals surface area contributed by atoms with E-state index in [-0.39, 0.29) is 12.0 Å². The first-order valence-electron chi connectivity index (χ1n) is 6.63. The first kappa shape index (κ1) is 13.5. The predicted molar refractivity (Wildman–Crippen MR) is 65.5 cm³/mol. The molecule has 1 aliphatic heterocycles. The quantitative estimate of drug-likeness (QED) is 0.785. The maximum Gasteiger partial charge on any atom is 0.321 e. The summed E-state index contributed by atoms with van der Waals surface area (Å²) in [4.78, 5) is 13.6. The second-order valence-electron chi connectivity index (χ2n) is 5.00. The Morgan fingerprint density at radius 2 is 1.81 bits per heavy atom. The summed E-state index contributed by atoms with van der Waals surface area (Å²) in [5.74, 6) is -0.372. The molecule has 0 aromatic heterocycles. The fraction of sp³-hybridized carbons (Fsp3) is 0.923. The molecule has 3 nitrogen and oxygen atoms in total. The number of carboxylic acid groups (broad SMARTS) is 1. The number of hydrogen-bond acceptors (Lipinski definition) is 2. The lowest BCUT2D eigenvalue weighted by molar-refractivity contribution is -0.145. The Bertz CT molecular complexity index is 210. The molecule has 16 heavy (non-hydrogen) atoms. The fourth-order valence-corrected chi connectivity index (χ4v) is 2.75. The summed E-state index contributed by atoms with van der Waals surface area (Å²) < 4.78 is 0. The Balaban J connectivity index is 2.63. The zero-order valence-corrected chi connectivity index (χ0v) is 10.6. The van der Waals surface area contributed by atoms with Crippen LogP contribution >= 0.6 is 0 Å². The van der Waals surface area contributed by atoms with E-state index in [1.165, 1.54) is 12.8 Å². The van der Waals surface area contributed by atoms with Crippen molar-refractivity contribution in [2.45, 2.75) is 58.4 Å². The zero-order valence-electron chi connectivity index (χ0n) is 10.6. The predicted octanol–water partition coefficient (Wildman–Crippen LogP) is 2.75. The smallest absolute Gasteiger partial charge is 0.321 e. The number of likely N-dealkylation sites (tertiary alicyclic amines) is 1. The van der Waals surface area contributed by atoms with E-state index in [1.54, 1.807) is 0 Å². The zero-order chi connectivity index (χ0) is 12.0. The van der Waals surface area contributed by atoms with Gasteiger partial charge in [-0.05, 0) is 38.3 Å². The fourth-order valence-electron chi connectivity index (χ4n) is 2.75. The minimum atomic E-state index is -0.636. The minimum Gasteiger partial charge on any atom is -0.480 e. The summed E-state index contributed by atoms with van der Waals surface area (Å²) >= 11 is 0. The number of aliphatic carboxylic acids is 1. The third kappa shape index (κ3) is 3.78. The first-order chi connectivity index (χ1) is 7.66. The van der Waals surface area contributed by atoms with Crippen molar-refractivity contribution in [3.63, 3.8) is 0 Å². The lowest BCUT2D eigenvalue weighted by atomic mass is 9.95. The van der Waals surface area contributed by atoms with Crippen LogP contribution in [0.2, 0.25) is 0 Å². The van der Waals surface area contributed by atoms with Crippen molar-refractivity contribution in [3.05, 3.63) is 0 Å². The monoisotopic (exact) mass is 227 g/mol. The van der Waals surface area contributed by atoms with Crippen LogP contribution in [-0.4, -0.2) is 35.1 Å². The molecule has 1 heterocycles. The highest BCUT2D eigenvalue weighted by atomic mass is 16.4. The van der Waals surface area contributed by atoms with Crippen LogP contribution in [0.1, 0.15) is 52.4 Å². The van der Waals surface area contributed by atoms with Crippen LogP contribution in [0.3, 0.4) is 0 Å². The summed E-state index contributed by atoms with van der Waals surface area (Å²) in [6, 6.07) is -0.266. The standard InChI is InChI=1S/C13H25NO2/c1-3-8-11(2)12(13(15)16)14-9-6-4-5-7-10-14/h11-12H,3-10H2,1-2H3,(H,15,16). The average Bonchev–Trinajstić information content (AvgIpc) is 2.46. The Labute approximate surface area is 98.8 Å². The van der Waals surface area contributed by atoms with Crippen LogP contribution in [0.15, 0.2) is 0 Å². The highest BCUT2D eigenvalue weighted by Crippen LogP contribution is 2.20. The van der Waals surface area contributed by atoms with Gasteiger partial charge in [0, 0.05) is 0 Å². The van der Waals surface area contributed by atoms with Crippen molar-refractivity contribution in [1.29, 1.82) is 0 Å². The van der Waals surface area contributed by atoms with Crippen LogP contribution < -0.4 is 0 Å². The maximum absolute atomic E-state index is 11.4. The van der Waals surface area contributed by atoms with E-state index in [0.29, 0.717) is 0 Å². The molecule has 2 unspecified atom stereocenters. The Morgan fingerprint density at radius 3 is 2.25 bits per heavy atom. The van der Waals surface area contributed by atoms with Crippen LogP contribution in [0.25, 0.3) is 0 Å². The molecule has 0 radical (unpaired) electrons. The third-order valence-corrected chi connectivity index (χ3v) is 3.57. The highest BCUT2D eigenvalue weighted by Gasteiger charge is 2.30. The molecule has 94 valence electrons. The van der Waals surface area contributed by atoms with E-state index in [9.17, 15) is 9.90 Å². The van der Waals surface area contributed by atoms with Crippen LogP contribution in [0.5, 0.6) is 0 Å². The van der Waals surface area contributed by atoms with Gasteiger partial charge in [-0.3, -0.25) is 9.69 Å². The van der Waals surface area contributed by atoms with Crippen LogP contribution in [0.4, 0.5) is 0 Å². The summed E-state index contributed by atoms with van der Waals surface area (Å²) in [5, 5.41) is 9.37. The maximum atomic E-state index is 11.4. The third-order valence-electron chi connectivity index (χ3n) is 3.57. The van der Waals surface area contributed by atoms with E-state index < -0.39 is 5.97 Å². The molecule has 1 saturated heterocycles. The number of hydrogen-bond donors (Lipinski definition) is 1. The normalized spacial score (nSPS) is 22.4. The van der Waals surface area contributed by atoms with Gasteiger partial charge in [-0.15, -0.1) is 0 Å². The number of carboxylic acids is 1. The van der Waals surface area contributed by atoms with E-state index in [0.717, 1.165) is 38.8 Å². The lowest BCUT2D eigenvalue weighted by Crippen LogP contribution is -2.45. The number of nitrogens with zero attached hydrogens (tertiary/aromatic N) is 1. The van der Waals surface area contributed by atoms with Gasteiger partial charge in [0.25, 0.3) is 0 Å². The van der Waals surface area contributed by atoms with Crippen LogP contribution in [-0.2, 0) is 4.79 Å². The molecule has 1 rings (SSSR count). The van der Waals surface area contributed by atoms with Gasteiger partial charge in [-0.25, -0.2) is 0 Å². The van der Waals surface area contributed by atoms with Gasteiger partial charge in [0.2, 0.25) is 0 Å². The largest absolute Gasteiger partial charge is 0.480 e. The van der Waals surface area contributed by atoms with Gasteiger partial charge in [0.15, 0.2) is 0 Å². The Hall–Kier alpha value is -0.570. The van der Waals surface area contributed by atoms with Crippen LogP contribution in [0, 0.1) is 5.92 Å². The number of rotatable bonds is 5. The lowest BCUT2D eigenvalue weighted by Gasteiger charge is -2.31. The molecule has 0 aliphatic carbocycles. The molecule has 3 heteroatoms. The molecule has 0 bridgehead atoms. The Morgan fingerprint density at radius 1 is 1.25 bits per heavy atom. The van der Waals surface area contributed by atoms with Crippen molar-refractivity contribution in [2.75, 3.05) is 13.1 Å². The second kappa shape index (κ2) is 6.89. The van der Waals surface area contributed by atoms with Gasteiger partial charge in [0.05, 0.1) is 0 Å². The molecule has 0 saturated carbocycles. The van der Waals surface area contributed by atoms with E-state index in [4.69, 9.17) is 0 Å². The second-order valence-corrected chi connectivity index (χ2v) is 5.00. The summed E-state index contributed by atoms with van der Waals surface area (Å²) in [6.07, 6.45) is 6.90. The molecule has 0 amide bonds. The molecular weight excluding hydrogens is 202 g/mol. The molecule has 2 atom stereocenters. The molecule has 1 aliphatic rings. The Kier molecular flexibility index (Phi) is 5.81. The van der Waals surface area contributed by atoms with Gasteiger partial charge < -0.3 is 5.11 Å². The summed E-state index contributed by atoms with van der Waals surface area (Å²) in [6.45, 7) is 6.13. The van der Waals surface area contributed by atoms with Crippen molar-refractivity contribution in [3.8, 4) is 0 Å². The average molecular weight is 227 g/mol.